The molecule has 2 fully saturated rings. The fraction of sp³-hybridized carbons (Fsp3) is 0.524. The Morgan fingerprint density at radius 3 is 1.26 bits per heavy atom. The topological polar surface area (TPSA) is 120 Å². The minimum atomic E-state index is -4.13. The summed E-state index contributed by atoms with van der Waals surface area (Å²) in [6, 6.07) is 9.99. The van der Waals surface area contributed by atoms with E-state index < -0.39 is 25.5 Å². The third kappa shape index (κ3) is 6.29. The number of phenolic OH excluding ortho intramolecular Hbond substituents is 1. The first kappa shape index (κ1) is 37.6. The third-order valence-corrected chi connectivity index (χ3v) is 15.9. The van der Waals surface area contributed by atoms with E-state index in [9.17, 15) is 5.11 Å². The molecule has 11 heteroatoms. The number of benzene rings is 3. The number of amidine groups is 2. The van der Waals surface area contributed by atoms with Crippen molar-refractivity contribution in [3.05, 3.63) is 86.5 Å². The molecular weight excluding hydrogens is 705 g/mol. The van der Waals surface area contributed by atoms with Crippen molar-refractivity contribution in [3.8, 4) is 5.75 Å². The molecule has 53 heavy (non-hydrogen) atoms. The molecule has 284 valence electrons. The number of aromatic hydroxyl groups is 1. The number of hydrogen-bond donors (Lipinski definition) is 1. The Balaban J connectivity index is 1.46. The van der Waals surface area contributed by atoms with Crippen LogP contribution in [0.4, 0.5) is 0 Å². The largest absolute Gasteiger partial charge is 0.506 e. The lowest BCUT2D eigenvalue weighted by Gasteiger charge is -2.34. The normalized spacial score (nSPS) is 23.5. The van der Waals surface area contributed by atoms with Crippen LogP contribution in [0.25, 0.3) is 0 Å². The number of hydrogen-bond acceptors (Lipinski definition) is 7. The molecule has 9 nitrogen and oxygen atoms in total. The molecule has 0 saturated heterocycles. The molecule has 2 saturated carbocycles. The first-order valence-corrected chi connectivity index (χ1v) is 22.0. The zero-order valence-electron chi connectivity index (χ0n) is 32.6. The smallest absolute Gasteiger partial charge is 0.266 e. The summed E-state index contributed by atoms with van der Waals surface area (Å²) in [6.45, 7) is 17.4. The first-order chi connectivity index (χ1) is 24.8. The molecule has 3 aromatic carbocycles. The van der Waals surface area contributed by atoms with E-state index in [4.69, 9.17) is 9.98 Å². The molecular formula is C42H54N4O5S2. The fourth-order valence-corrected chi connectivity index (χ4v) is 13.7. The highest BCUT2D eigenvalue weighted by Gasteiger charge is 2.49. The van der Waals surface area contributed by atoms with E-state index in [1.807, 2.05) is 77.9 Å². The quantitative estimate of drug-likeness (QED) is 0.273. The van der Waals surface area contributed by atoms with E-state index in [-0.39, 0.29) is 62.5 Å². The maximum absolute atomic E-state index is 15.0. The minimum absolute atomic E-state index is 0.206. The second-order valence-electron chi connectivity index (χ2n) is 17.0. The molecule has 2 aliphatic heterocycles. The van der Waals surface area contributed by atoms with E-state index in [1.54, 1.807) is 0 Å². The van der Waals surface area contributed by atoms with Crippen LogP contribution in [0, 0.1) is 41.5 Å². The number of rotatable bonds is 6. The van der Waals surface area contributed by atoms with Gasteiger partial charge in [0, 0.05) is 0 Å². The van der Waals surface area contributed by atoms with Gasteiger partial charge in [-0.2, -0.15) is 0 Å². The van der Waals surface area contributed by atoms with Gasteiger partial charge in [0.15, 0.2) is 0 Å². The van der Waals surface area contributed by atoms with Gasteiger partial charge in [0.1, 0.15) is 17.4 Å². The summed E-state index contributed by atoms with van der Waals surface area (Å²) >= 11 is 0. The number of fused-ring (bicyclic) bond motifs is 2. The Bertz CT molecular complexity index is 2090. The zero-order chi connectivity index (χ0) is 38.4. The van der Waals surface area contributed by atoms with Crippen molar-refractivity contribution in [1.29, 1.82) is 0 Å². The van der Waals surface area contributed by atoms with Crippen molar-refractivity contribution in [1.82, 2.24) is 8.61 Å². The van der Waals surface area contributed by atoms with Crippen LogP contribution in [0.15, 0.2) is 56.2 Å². The SMILES string of the molecule is Cc1cc(C)c(S(=O)(=O)N2C(c3cc(C(C)(C)C)cc(C4=N[C@H]5CCCC[C@@H]5N4S(=O)(=O)c4c(C)cc(C)cc4C)c3O)=N[C@H]3CCCC[C@@H]32)c(C)c1. The summed E-state index contributed by atoms with van der Waals surface area (Å²) in [5.74, 6) is 0.214. The maximum Gasteiger partial charge on any atom is 0.266 e. The Kier molecular flexibility index (Phi) is 9.40. The van der Waals surface area contributed by atoms with Gasteiger partial charge in [-0.3, -0.25) is 9.98 Å². The van der Waals surface area contributed by atoms with Gasteiger partial charge in [0.25, 0.3) is 20.0 Å². The molecule has 0 unspecified atom stereocenters. The van der Waals surface area contributed by atoms with Gasteiger partial charge < -0.3 is 5.11 Å². The lowest BCUT2D eigenvalue weighted by Crippen LogP contribution is -2.46. The van der Waals surface area contributed by atoms with Crippen LogP contribution >= 0.6 is 0 Å². The lowest BCUT2D eigenvalue weighted by atomic mass is 9.84. The van der Waals surface area contributed by atoms with Gasteiger partial charge in [-0.1, -0.05) is 81.8 Å². The molecule has 0 aromatic heterocycles. The van der Waals surface area contributed by atoms with Crippen LogP contribution in [-0.4, -0.2) is 66.4 Å². The molecule has 3 aromatic rings. The zero-order valence-corrected chi connectivity index (χ0v) is 34.2. The number of aryl methyl sites for hydroxylation is 6. The van der Waals surface area contributed by atoms with Crippen LogP contribution in [0.3, 0.4) is 0 Å². The van der Waals surface area contributed by atoms with Crippen LogP contribution in [-0.2, 0) is 25.5 Å². The standard InChI is InChI=1S/C42H54N4O5S2/c1-24-18-26(3)38(27(4)19-24)52(48,49)45-35-16-12-10-14-33(35)43-40(45)31-22-30(42(7,8)9)23-32(37(31)47)41-44-34-15-11-13-17-36(34)46(41)53(50,51)39-28(5)20-25(2)21-29(39)6/h18-23,33-36,47H,10-17H2,1-9H3/t33-,34-,35-,36-/m0/s1. The predicted octanol–water partition coefficient (Wildman–Crippen LogP) is 8.06. The van der Waals surface area contributed by atoms with Crippen LogP contribution in [0.5, 0.6) is 5.75 Å². The Morgan fingerprint density at radius 1 is 0.585 bits per heavy atom. The average Bonchev–Trinajstić information content (AvgIpc) is 3.63. The molecule has 2 heterocycles. The van der Waals surface area contributed by atoms with Crippen molar-refractivity contribution < 1.29 is 21.9 Å². The number of sulfonamides is 2. The van der Waals surface area contributed by atoms with E-state index in [1.165, 1.54) is 8.61 Å². The van der Waals surface area contributed by atoms with Crippen LogP contribution in [0.1, 0.15) is 122 Å². The van der Waals surface area contributed by atoms with E-state index in [2.05, 4.69) is 20.8 Å². The number of nitrogens with zero attached hydrogens (tertiary/aromatic N) is 4. The summed E-state index contributed by atoms with van der Waals surface area (Å²) in [6.07, 6.45) is 6.45. The summed E-state index contributed by atoms with van der Waals surface area (Å²) in [7, 11) is -8.25. The third-order valence-electron chi connectivity index (χ3n) is 11.7. The molecule has 4 aliphatic rings. The van der Waals surface area contributed by atoms with Crippen molar-refractivity contribution in [3.63, 3.8) is 0 Å². The van der Waals surface area contributed by atoms with Gasteiger partial charge >= 0.3 is 0 Å². The van der Waals surface area contributed by atoms with Gasteiger partial charge in [0.2, 0.25) is 0 Å². The first-order valence-electron chi connectivity index (χ1n) is 19.1. The number of phenols is 1. The lowest BCUT2D eigenvalue weighted by molar-refractivity contribution is 0.315. The molecule has 2 aliphatic carbocycles. The predicted molar refractivity (Wildman–Crippen MR) is 211 cm³/mol. The maximum atomic E-state index is 15.0. The highest BCUT2D eigenvalue weighted by Crippen LogP contribution is 2.44. The molecule has 0 bridgehead atoms. The van der Waals surface area contributed by atoms with Crippen molar-refractivity contribution in [2.45, 2.75) is 153 Å². The molecule has 7 rings (SSSR count). The van der Waals surface area contributed by atoms with Crippen molar-refractivity contribution in [2.24, 2.45) is 9.98 Å². The number of aliphatic imine (C=N–C) groups is 2. The highest BCUT2D eigenvalue weighted by atomic mass is 32.2. The summed E-state index contributed by atoms with van der Waals surface area (Å²) in [5.41, 5.74) is 5.57. The van der Waals surface area contributed by atoms with E-state index in [0.29, 0.717) is 35.1 Å². The molecule has 0 amide bonds. The van der Waals surface area contributed by atoms with E-state index in [0.717, 1.165) is 55.2 Å². The fourth-order valence-electron chi connectivity index (χ4n) is 9.49. The van der Waals surface area contributed by atoms with Gasteiger partial charge in [0.05, 0.1) is 45.1 Å². The van der Waals surface area contributed by atoms with Gasteiger partial charge in [-0.05, 0) is 113 Å². The Morgan fingerprint density at radius 2 is 0.925 bits per heavy atom. The van der Waals surface area contributed by atoms with Crippen molar-refractivity contribution in [2.75, 3.05) is 0 Å². The Hall–Kier alpha value is -3.70. The average molecular weight is 759 g/mol. The molecule has 0 radical (unpaired) electrons. The van der Waals surface area contributed by atoms with Gasteiger partial charge in [-0.15, -0.1) is 0 Å². The summed E-state index contributed by atoms with van der Waals surface area (Å²) in [5, 5.41) is 12.6. The monoisotopic (exact) mass is 758 g/mol. The van der Waals surface area contributed by atoms with Crippen LogP contribution < -0.4 is 0 Å². The molecule has 4 atom stereocenters. The van der Waals surface area contributed by atoms with Gasteiger partial charge in [-0.25, -0.2) is 25.4 Å². The minimum Gasteiger partial charge on any atom is -0.506 e. The summed E-state index contributed by atoms with van der Waals surface area (Å²) in [4.78, 5) is 10.8. The highest BCUT2D eigenvalue weighted by molar-refractivity contribution is 7.90. The van der Waals surface area contributed by atoms with Crippen LogP contribution in [0.2, 0.25) is 0 Å². The van der Waals surface area contributed by atoms with Crippen molar-refractivity contribution >= 4 is 31.7 Å². The second-order valence-corrected chi connectivity index (χ2v) is 20.5. The summed E-state index contributed by atoms with van der Waals surface area (Å²) < 4.78 is 63.0. The van der Waals surface area contributed by atoms with E-state index >= 15 is 16.8 Å². The molecule has 1 N–H and O–H groups in total. The molecule has 0 spiro atoms. The Labute approximate surface area is 316 Å². The second kappa shape index (κ2) is 13.3.